The molecular formula is C11H20OS. The first-order valence-electron chi connectivity index (χ1n) is 5.29. The van der Waals surface area contributed by atoms with Crippen LogP contribution in [0, 0.1) is 11.8 Å². The molecule has 2 heteroatoms. The number of ketones is 1. The molecule has 0 aromatic rings. The van der Waals surface area contributed by atoms with Gasteiger partial charge in [0.05, 0.1) is 5.75 Å². The largest absolute Gasteiger partial charge is 0.298 e. The van der Waals surface area contributed by atoms with Crippen LogP contribution in [0.15, 0.2) is 0 Å². The summed E-state index contributed by atoms with van der Waals surface area (Å²) in [6, 6.07) is 0. The van der Waals surface area contributed by atoms with Crippen LogP contribution in [-0.2, 0) is 4.79 Å². The first-order chi connectivity index (χ1) is 6.27. The molecule has 1 aliphatic rings. The van der Waals surface area contributed by atoms with Crippen molar-refractivity contribution < 1.29 is 4.79 Å². The lowest BCUT2D eigenvalue weighted by Gasteiger charge is -2.26. The topological polar surface area (TPSA) is 17.1 Å². The summed E-state index contributed by atoms with van der Waals surface area (Å²) in [4.78, 5) is 11.6. The molecule has 1 nitrogen and oxygen atoms in total. The minimum Gasteiger partial charge on any atom is -0.298 e. The third-order valence-electron chi connectivity index (χ3n) is 3.17. The van der Waals surface area contributed by atoms with Crippen molar-refractivity contribution in [2.45, 2.75) is 39.0 Å². The molecule has 0 atom stereocenters. The minimum absolute atomic E-state index is 0.398. The van der Waals surface area contributed by atoms with Gasteiger partial charge < -0.3 is 0 Å². The monoisotopic (exact) mass is 200 g/mol. The molecule has 0 aliphatic heterocycles. The zero-order valence-electron chi connectivity index (χ0n) is 8.71. The van der Waals surface area contributed by atoms with Crippen molar-refractivity contribution in [2.75, 3.05) is 12.0 Å². The molecule has 0 radical (unpaired) electrons. The molecule has 0 bridgehead atoms. The molecule has 0 amide bonds. The number of thioether (sulfide) groups is 1. The van der Waals surface area contributed by atoms with Crippen LogP contribution in [0.4, 0.5) is 0 Å². The van der Waals surface area contributed by atoms with Gasteiger partial charge in [0.15, 0.2) is 0 Å². The van der Waals surface area contributed by atoms with Crippen LogP contribution in [0.3, 0.4) is 0 Å². The Morgan fingerprint density at radius 1 is 1.31 bits per heavy atom. The molecule has 0 saturated heterocycles. The number of rotatable bonds is 4. The molecule has 1 saturated carbocycles. The van der Waals surface area contributed by atoms with E-state index < -0.39 is 0 Å². The summed E-state index contributed by atoms with van der Waals surface area (Å²) in [5, 5.41) is 0. The van der Waals surface area contributed by atoms with Gasteiger partial charge in [-0.1, -0.05) is 13.3 Å². The quantitative estimate of drug-likeness (QED) is 0.693. The van der Waals surface area contributed by atoms with E-state index in [1.54, 1.807) is 11.8 Å². The predicted octanol–water partition coefficient (Wildman–Crippen LogP) is 3.13. The van der Waals surface area contributed by atoms with E-state index in [-0.39, 0.29) is 0 Å². The van der Waals surface area contributed by atoms with Gasteiger partial charge in [-0.2, -0.15) is 11.8 Å². The van der Waals surface area contributed by atoms with Crippen molar-refractivity contribution in [1.82, 2.24) is 0 Å². The van der Waals surface area contributed by atoms with Crippen molar-refractivity contribution in [3.63, 3.8) is 0 Å². The fraction of sp³-hybridized carbons (Fsp3) is 0.909. The van der Waals surface area contributed by atoms with Crippen LogP contribution in [0.5, 0.6) is 0 Å². The lowest BCUT2D eigenvalue weighted by atomic mass is 9.79. The van der Waals surface area contributed by atoms with E-state index in [9.17, 15) is 4.79 Å². The highest BCUT2D eigenvalue weighted by Crippen LogP contribution is 2.31. The highest BCUT2D eigenvalue weighted by molar-refractivity contribution is 7.99. The van der Waals surface area contributed by atoms with E-state index in [0.29, 0.717) is 11.7 Å². The van der Waals surface area contributed by atoms with Gasteiger partial charge in [-0.05, 0) is 37.9 Å². The van der Waals surface area contributed by atoms with E-state index in [2.05, 4.69) is 6.92 Å². The summed E-state index contributed by atoms with van der Waals surface area (Å²) >= 11 is 1.66. The average Bonchev–Trinajstić information content (AvgIpc) is 2.18. The van der Waals surface area contributed by atoms with E-state index in [1.807, 2.05) is 6.26 Å². The Balaban J connectivity index is 2.28. The highest BCUT2D eigenvalue weighted by atomic mass is 32.2. The van der Waals surface area contributed by atoms with Crippen molar-refractivity contribution >= 4 is 17.5 Å². The lowest BCUT2D eigenvalue weighted by molar-refractivity contribution is -0.121. The number of hydrogen-bond acceptors (Lipinski definition) is 2. The highest BCUT2D eigenvalue weighted by Gasteiger charge is 2.24. The fourth-order valence-corrected chi connectivity index (χ4v) is 2.67. The molecule has 1 aliphatic carbocycles. The van der Waals surface area contributed by atoms with Gasteiger partial charge >= 0.3 is 0 Å². The molecule has 0 heterocycles. The number of hydrogen-bond donors (Lipinski definition) is 0. The Labute approximate surface area is 85.7 Å². The van der Waals surface area contributed by atoms with Gasteiger partial charge in [0.2, 0.25) is 0 Å². The molecule has 0 aromatic heterocycles. The summed E-state index contributed by atoms with van der Waals surface area (Å²) in [7, 11) is 0. The minimum atomic E-state index is 0.398. The first kappa shape index (κ1) is 11.1. The molecule has 0 N–H and O–H groups in total. The van der Waals surface area contributed by atoms with Crippen LogP contribution < -0.4 is 0 Å². The number of carbonyl (C=O) groups is 1. The first-order valence-corrected chi connectivity index (χ1v) is 6.69. The molecule has 1 rings (SSSR count). The van der Waals surface area contributed by atoms with Crippen molar-refractivity contribution in [3.05, 3.63) is 0 Å². The molecule has 0 unspecified atom stereocenters. The third-order valence-corrected chi connectivity index (χ3v) is 3.74. The Morgan fingerprint density at radius 2 is 1.92 bits per heavy atom. The van der Waals surface area contributed by atoms with Crippen LogP contribution in [0.1, 0.15) is 39.0 Å². The van der Waals surface area contributed by atoms with Crippen LogP contribution >= 0.6 is 11.8 Å². The van der Waals surface area contributed by atoms with E-state index in [1.165, 1.54) is 19.3 Å². The summed E-state index contributed by atoms with van der Waals surface area (Å²) < 4.78 is 0. The zero-order valence-corrected chi connectivity index (χ0v) is 9.53. The SMILES string of the molecule is CCC1CCC(C(=O)CSC)CC1. The van der Waals surface area contributed by atoms with Gasteiger partial charge in [0, 0.05) is 5.92 Å². The second-order valence-electron chi connectivity index (χ2n) is 4.03. The van der Waals surface area contributed by atoms with Crippen LogP contribution in [0.2, 0.25) is 0 Å². The van der Waals surface area contributed by atoms with E-state index in [4.69, 9.17) is 0 Å². The summed E-state index contributed by atoms with van der Waals surface area (Å²) in [5.74, 6) is 2.51. The van der Waals surface area contributed by atoms with Crippen molar-refractivity contribution in [1.29, 1.82) is 0 Å². The zero-order chi connectivity index (χ0) is 9.68. The molecular weight excluding hydrogens is 180 g/mol. The van der Waals surface area contributed by atoms with Crippen molar-refractivity contribution in [2.24, 2.45) is 11.8 Å². The summed E-state index contributed by atoms with van der Waals surface area (Å²) in [6.45, 7) is 2.26. The smallest absolute Gasteiger partial charge is 0.145 e. The Bertz CT molecular complexity index is 159. The van der Waals surface area contributed by atoms with Gasteiger partial charge in [-0.25, -0.2) is 0 Å². The van der Waals surface area contributed by atoms with Crippen LogP contribution in [-0.4, -0.2) is 17.8 Å². The third kappa shape index (κ3) is 3.34. The molecule has 0 aromatic carbocycles. The predicted molar refractivity (Wildman–Crippen MR) is 59.1 cm³/mol. The lowest BCUT2D eigenvalue weighted by Crippen LogP contribution is -2.22. The molecule has 76 valence electrons. The standard InChI is InChI=1S/C11H20OS/c1-3-9-4-6-10(7-5-9)11(12)8-13-2/h9-10H,3-8H2,1-2H3. The second kappa shape index (κ2) is 5.69. The molecule has 0 spiro atoms. The van der Waals surface area contributed by atoms with Gasteiger partial charge in [0.1, 0.15) is 5.78 Å². The molecule has 1 fully saturated rings. The second-order valence-corrected chi connectivity index (χ2v) is 4.89. The normalized spacial score (nSPS) is 28.8. The Morgan fingerprint density at radius 3 is 2.38 bits per heavy atom. The Hall–Kier alpha value is 0.0200. The van der Waals surface area contributed by atoms with Gasteiger partial charge in [-0.15, -0.1) is 0 Å². The number of carbonyl (C=O) groups excluding carboxylic acids is 1. The Kier molecular flexibility index (Phi) is 4.86. The maximum atomic E-state index is 11.6. The fourth-order valence-electron chi connectivity index (χ4n) is 2.15. The summed E-state index contributed by atoms with van der Waals surface area (Å²) in [6.07, 6.45) is 8.16. The average molecular weight is 200 g/mol. The van der Waals surface area contributed by atoms with Gasteiger partial charge in [-0.3, -0.25) is 4.79 Å². The van der Waals surface area contributed by atoms with Gasteiger partial charge in [0.25, 0.3) is 0 Å². The van der Waals surface area contributed by atoms with Crippen molar-refractivity contribution in [3.8, 4) is 0 Å². The molecule has 13 heavy (non-hydrogen) atoms. The number of Topliss-reactive ketones (excluding diaryl/α,β-unsaturated/α-hetero) is 1. The summed E-state index contributed by atoms with van der Waals surface area (Å²) in [5.41, 5.74) is 0. The maximum absolute atomic E-state index is 11.6. The van der Waals surface area contributed by atoms with E-state index in [0.717, 1.165) is 24.5 Å². The van der Waals surface area contributed by atoms with E-state index >= 15 is 0 Å². The van der Waals surface area contributed by atoms with Crippen LogP contribution in [0.25, 0.3) is 0 Å². The maximum Gasteiger partial charge on any atom is 0.145 e.